The van der Waals surface area contributed by atoms with Gasteiger partial charge in [0.05, 0.1) is 16.8 Å². The van der Waals surface area contributed by atoms with Crippen LogP contribution in [0, 0.1) is 12.7 Å². The molecule has 10 heteroatoms. The Morgan fingerprint density at radius 2 is 1.71 bits per heavy atom. The summed E-state index contributed by atoms with van der Waals surface area (Å²) in [6.45, 7) is 4.39. The molecule has 2 aromatic rings. The van der Waals surface area contributed by atoms with Gasteiger partial charge in [-0.05, 0) is 68.9 Å². The van der Waals surface area contributed by atoms with E-state index in [2.05, 4.69) is 5.32 Å². The number of anilines is 2. The summed E-state index contributed by atoms with van der Waals surface area (Å²) in [5.41, 5.74) is -2.20. The van der Waals surface area contributed by atoms with Gasteiger partial charge in [-0.2, -0.15) is 13.2 Å². The Bertz CT molecular complexity index is 1100. The number of nitrogens with one attached hydrogen (secondary N) is 1. The molecular weight excluding hydrogens is 434 g/mol. The van der Waals surface area contributed by atoms with Crippen LogP contribution in [-0.4, -0.2) is 29.5 Å². The summed E-state index contributed by atoms with van der Waals surface area (Å²) >= 11 is 5.42. The molecule has 0 bridgehead atoms. The lowest BCUT2D eigenvalue weighted by molar-refractivity contribution is -0.138. The molecule has 1 fully saturated rings. The van der Waals surface area contributed by atoms with E-state index < -0.39 is 34.9 Å². The summed E-state index contributed by atoms with van der Waals surface area (Å²) in [5, 5.41) is 2.22. The molecule has 2 aromatic carbocycles. The van der Waals surface area contributed by atoms with Crippen molar-refractivity contribution in [2.24, 2.45) is 0 Å². The number of carbonyl (C=O) groups excluding carboxylic acids is 2. The SMILES string of the molecule is CNC(=O)c1ccc(N2C(=S)N(c3ccc(C)c(C(F)(F)F)c3)C(=O)C2(C)C)cc1F. The lowest BCUT2D eigenvalue weighted by Gasteiger charge is -2.29. The van der Waals surface area contributed by atoms with Crippen molar-refractivity contribution in [3.8, 4) is 0 Å². The van der Waals surface area contributed by atoms with Crippen LogP contribution in [0.5, 0.6) is 0 Å². The summed E-state index contributed by atoms with van der Waals surface area (Å²) in [7, 11) is 1.36. The molecule has 3 rings (SSSR count). The highest BCUT2D eigenvalue weighted by Gasteiger charge is 2.50. The number of aryl methyl sites for hydroxylation is 1. The van der Waals surface area contributed by atoms with Gasteiger partial charge in [-0.15, -0.1) is 0 Å². The fraction of sp³-hybridized carbons (Fsp3) is 0.286. The van der Waals surface area contributed by atoms with Crippen LogP contribution in [0.4, 0.5) is 28.9 Å². The van der Waals surface area contributed by atoms with Crippen molar-refractivity contribution in [2.45, 2.75) is 32.5 Å². The first-order valence-corrected chi connectivity index (χ1v) is 9.59. The minimum atomic E-state index is -4.60. The second-order valence-corrected chi connectivity index (χ2v) is 7.92. The van der Waals surface area contributed by atoms with Crippen LogP contribution in [0.2, 0.25) is 0 Å². The maximum Gasteiger partial charge on any atom is 0.416 e. The lowest BCUT2D eigenvalue weighted by Crippen LogP contribution is -2.44. The standard InChI is InChI=1S/C21H19F4N3O2S/c1-11-5-6-12(9-15(11)21(23,24)25)27-18(30)20(2,3)28(19(27)31)13-7-8-14(16(22)10-13)17(29)26-4/h5-10H,1-4H3,(H,26,29). The van der Waals surface area contributed by atoms with Gasteiger partial charge in [0, 0.05) is 12.7 Å². The van der Waals surface area contributed by atoms with E-state index >= 15 is 0 Å². The first-order chi connectivity index (χ1) is 14.3. The molecule has 1 aliphatic heterocycles. The number of amides is 2. The molecule has 1 N–H and O–H groups in total. The van der Waals surface area contributed by atoms with E-state index in [0.717, 1.165) is 17.0 Å². The highest BCUT2D eigenvalue weighted by molar-refractivity contribution is 7.81. The third kappa shape index (κ3) is 3.76. The molecule has 1 heterocycles. The average molecular weight is 453 g/mol. The normalized spacial score (nSPS) is 16.1. The fourth-order valence-corrected chi connectivity index (χ4v) is 3.99. The van der Waals surface area contributed by atoms with Crippen LogP contribution < -0.4 is 15.1 Å². The van der Waals surface area contributed by atoms with Crippen LogP contribution in [0.25, 0.3) is 0 Å². The number of carbonyl (C=O) groups is 2. The van der Waals surface area contributed by atoms with E-state index in [9.17, 15) is 27.2 Å². The maximum atomic E-state index is 14.5. The molecule has 0 aliphatic carbocycles. The van der Waals surface area contributed by atoms with E-state index in [1.807, 2.05) is 0 Å². The number of hydrogen-bond acceptors (Lipinski definition) is 3. The summed E-state index contributed by atoms with van der Waals surface area (Å²) in [4.78, 5) is 27.2. The zero-order valence-electron chi connectivity index (χ0n) is 17.1. The van der Waals surface area contributed by atoms with E-state index in [-0.39, 0.29) is 27.6 Å². The number of rotatable bonds is 3. The number of thiocarbonyl (C=S) groups is 1. The Morgan fingerprint density at radius 1 is 1.10 bits per heavy atom. The lowest BCUT2D eigenvalue weighted by atomic mass is 10.0. The van der Waals surface area contributed by atoms with Crippen LogP contribution in [0.3, 0.4) is 0 Å². The Kier molecular flexibility index (Phi) is 5.56. The van der Waals surface area contributed by atoms with E-state index in [0.29, 0.717) is 0 Å². The van der Waals surface area contributed by atoms with Gasteiger partial charge in [0.25, 0.3) is 11.8 Å². The number of nitrogens with zero attached hydrogens (tertiary/aromatic N) is 2. The molecule has 0 unspecified atom stereocenters. The maximum absolute atomic E-state index is 14.5. The van der Waals surface area contributed by atoms with Crippen molar-refractivity contribution in [2.75, 3.05) is 16.8 Å². The molecular formula is C21H19F4N3O2S. The summed E-state index contributed by atoms with van der Waals surface area (Å²) < 4.78 is 54.6. The first kappa shape index (κ1) is 22.7. The molecule has 1 saturated heterocycles. The zero-order chi connectivity index (χ0) is 23.3. The number of halogens is 4. The molecule has 0 saturated carbocycles. The van der Waals surface area contributed by atoms with Crippen molar-refractivity contribution in [1.82, 2.24) is 5.32 Å². The Hall–Kier alpha value is -3.01. The Labute approximate surface area is 181 Å². The average Bonchev–Trinajstić information content (AvgIpc) is 2.85. The van der Waals surface area contributed by atoms with E-state index in [1.54, 1.807) is 0 Å². The van der Waals surface area contributed by atoms with Gasteiger partial charge < -0.3 is 10.2 Å². The summed E-state index contributed by atoms with van der Waals surface area (Å²) in [6.07, 6.45) is -4.60. The summed E-state index contributed by atoms with van der Waals surface area (Å²) in [5.74, 6) is -2.01. The zero-order valence-corrected chi connectivity index (χ0v) is 17.9. The number of benzene rings is 2. The van der Waals surface area contributed by atoms with Crippen molar-refractivity contribution in [3.05, 3.63) is 58.9 Å². The second-order valence-electron chi connectivity index (χ2n) is 7.56. The predicted molar refractivity (Wildman–Crippen MR) is 113 cm³/mol. The number of alkyl halides is 3. The highest BCUT2D eigenvalue weighted by Crippen LogP contribution is 2.39. The van der Waals surface area contributed by atoms with Crippen LogP contribution in [-0.2, 0) is 11.0 Å². The molecule has 2 amide bonds. The van der Waals surface area contributed by atoms with Gasteiger partial charge in [0.1, 0.15) is 11.4 Å². The largest absolute Gasteiger partial charge is 0.416 e. The molecule has 0 atom stereocenters. The Morgan fingerprint density at radius 3 is 2.26 bits per heavy atom. The van der Waals surface area contributed by atoms with Gasteiger partial charge in [-0.3, -0.25) is 14.5 Å². The molecule has 5 nitrogen and oxygen atoms in total. The minimum absolute atomic E-state index is 0.0109. The quantitative estimate of drug-likeness (QED) is 0.552. The monoisotopic (exact) mass is 453 g/mol. The summed E-state index contributed by atoms with van der Waals surface area (Å²) in [6, 6.07) is 7.25. The first-order valence-electron chi connectivity index (χ1n) is 9.19. The van der Waals surface area contributed by atoms with Gasteiger partial charge >= 0.3 is 6.18 Å². The van der Waals surface area contributed by atoms with Crippen molar-refractivity contribution in [3.63, 3.8) is 0 Å². The van der Waals surface area contributed by atoms with Gasteiger partial charge in [0.15, 0.2) is 5.11 Å². The second kappa shape index (κ2) is 7.60. The number of hydrogen-bond donors (Lipinski definition) is 1. The van der Waals surface area contributed by atoms with Gasteiger partial charge in [-0.1, -0.05) is 6.07 Å². The van der Waals surface area contributed by atoms with Crippen molar-refractivity contribution >= 4 is 40.5 Å². The van der Waals surface area contributed by atoms with E-state index in [1.165, 1.54) is 57.0 Å². The van der Waals surface area contributed by atoms with Crippen LogP contribution in [0.1, 0.15) is 35.3 Å². The topological polar surface area (TPSA) is 52.7 Å². The van der Waals surface area contributed by atoms with E-state index in [4.69, 9.17) is 12.2 Å². The van der Waals surface area contributed by atoms with Gasteiger partial charge in [0.2, 0.25) is 0 Å². The predicted octanol–water partition coefficient (Wildman–Crippen LogP) is 4.43. The third-order valence-electron chi connectivity index (χ3n) is 5.14. The van der Waals surface area contributed by atoms with Crippen LogP contribution in [0.15, 0.2) is 36.4 Å². The highest BCUT2D eigenvalue weighted by atomic mass is 32.1. The molecule has 1 aliphatic rings. The molecule has 0 radical (unpaired) electrons. The Balaban J connectivity index is 2.08. The smallest absolute Gasteiger partial charge is 0.355 e. The molecule has 0 aromatic heterocycles. The fourth-order valence-electron chi connectivity index (χ4n) is 3.47. The minimum Gasteiger partial charge on any atom is -0.355 e. The molecule has 31 heavy (non-hydrogen) atoms. The third-order valence-corrected chi connectivity index (χ3v) is 5.50. The van der Waals surface area contributed by atoms with Gasteiger partial charge in [-0.25, -0.2) is 4.39 Å². The van der Waals surface area contributed by atoms with Crippen molar-refractivity contribution < 1.29 is 27.2 Å². The van der Waals surface area contributed by atoms with Crippen LogP contribution >= 0.6 is 12.2 Å². The van der Waals surface area contributed by atoms with Crippen molar-refractivity contribution in [1.29, 1.82) is 0 Å². The molecule has 164 valence electrons. The molecule has 0 spiro atoms.